The molecule has 0 bridgehead atoms. The molecule has 0 aliphatic carbocycles. The van der Waals surface area contributed by atoms with Crippen LogP contribution in [0.15, 0.2) is 81.1 Å². The molecule has 0 radical (unpaired) electrons. The number of nitrogens with one attached hydrogen (secondary N) is 2. The number of ether oxygens (including phenoxy) is 2. The number of carbonyl (C=O) groups is 8. The van der Waals surface area contributed by atoms with Crippen molar-refractivity contribution >= 4 is 69.6 Å². The molecule has 270 valence electrons. The van der Waals surface area contributed by atoms with Gasteiger partial charge in [0.2, 0.25) is 12.1 Å². The molecule has 0 saturated carbocycles. The quantitative estimate of drug-likeness (QED) is 0.0721. The summed E-state index contributed by atoms with van der Waals surface area (Å²) in [6.45, 7) is 0.465. The molecule has 2 amide bonds. The summed E-state index contributed by atoms with van der Waals surface area (Å²) >= 11 is 0. The third kappa shape index (κ3) is 10.2. The van der Waals surface area contributed by atoms with Crippen molar-refractivity contribution in [2.24, 2.45) is 20.5 Å². The number of amides is 2. The molecule has 0 aliphatic heterocycles. The Hall–Kier alpha value is -6.66. The highest BCUT2D eigenvalue weighted by Crippen LogP contribution is 2.25. The molecule has 52 heavy (non-hydrogen) atoms. The lowest BCUT2D eigenvalue weighted by Crippen LogP contribution is -2.32. The fraction of sp³-hybridized carbons (Fsp3) is 0.235. The van der Waals surface area contributed by atoms with Gasteiger partial charge in [0.05, 0.1) is 31.0 Å². The largest absolute Gasteiger partial charge is 0.465 e. The van der Waals surface area contributed by atoms with Gasteiger partial charge in [-0.05, 0) is 68.4 Å². The summed E-state index contributed by atoms with van der Waals surface area (Å²) in [6, 6.07) is 9.31. The summed E-state index contributed by atoms with van der Waals surface area (Å²) in [6.07, 6.45) is 0. The molecule has 4 N–H and O–H groups in total. The molecule has 3 aromatic rings. The Morgan fingerprint density at radius 1 is 0.596 bits per heavy atom. The fourth-order valence-electron chi connectivity index (χ4n) is 4.28. The van der Waals surface area contributed by atoms with E-state index in [1.807, 2.05) is 0 Å². The minimum atomic E-state index is -1.69. The number of Topliss-reactive ketones (excluding diaryl/α,β-unsaturated/α-hetero) is 4. The van der Waals surface area contributed by atoms with E-state index in [-0.39, 0.29) is 45.0 Å². The molecule has 0 spiro atoms. The second-order valence-corrected chi connectivity index (χ2v) is 10.6. The van der Waals surface area contributed by atoms with Crippen molar-refractivity contribution < 1.29 is 58.0 Å². The highest BCUT2D eigenvalue weighted by molar-refractivity contribution is 6.11. The Morgan fingerprint density at radius 3 is 1.46 bits per heavy atom. The molecule has 2 atom stereocenters. The van der Waals surface area contributed by atoms with Crippen LogP contribution in [-0.2, 0) is 28.7 Å². The van der Waals surface area contributed by atoms with Crippen LogP contribution in [0.3, 0.4) is 0 Å². The molecule has 3 aromatic carbocycles. The number of azo groups is 2. The Bertz CT molecular complexity index is 1830. The Balaban J connectivity index is 1.78. The Kier molecular flexibility index (Phi) is 14.0. The topological polar surface area (TPSA) is 269 Å². The maximum atomic E-state index is 13.0. The second-order valence-electron chi connectivity index (χ2n) is 10.6. The lowest BCUT2D eigenvalue weighted by molar-refractivity contribution is -0.127. The van der Waals surface area contributed by atoms with Gasteiger partial charge in [-0.1, -0.05) is 6.07 Å². The molecule has 18 heteroatoms. The normalized spacial score (nSPS) is 12.1. The van der Waals surface area contributed by atoms with Gasteiger partial charge in [-0.3, -0.25) is 28.8 Å². The monoisotopic (exact) mass is 716 g/mol. The summed E-state index contributed by atoms with van der Waals surface area (Å²) in [7, 11) is 2.25. The maximum Gasteiger partial charge on any atom is 0.340 e. The van der Waals surface area contributed by atoms with Crippen LogP contribution in [-0.4, -0.2) is 96.6 Å². The lowest BCUT2D eigenvalue weighted by atomic mass is 10.1. The van der Waals surface area contributed by atoms with E-state index in [4.69, 9.17) is 4.74 Å². The number of hydrogen-bond donors (Lipinski definition) is 4. The number of hydrogen-bond acceptors (Lipinski definition) is 16. The zero-order chi connectivity index (χ0) is 38.5. The standard InChI is InChI=1S/C34H32N6O12/c1-17(43)29(39-37-25-14-20(33(49)51-3)6-11-23(25)28(46)16-42)31(47)35-21-7-9-22(10-8-21)36-32(48)30(18(2)44)40-38-26-13-19(27(45)15-41)5-12-24(26)34(50)52-4/h5-14,29-30,41-42H,15-16H2,1-4H3,(H,35,47)(H,36,48). The predicted octanol–water partition coefficient (Wildman–Crippen LogP) is 2.97. The van der Waals surface area contributed by atoms with E-state index in [1.165, 1.54) is 48.5 Å². The predicted molar refractivity (Wildman–Crippen MR) is 180 cm³/mol. The van der Waals surface area contributed by atoms with Crippen LogP contribution < -0.4 is 10.6 Å². The number of methoxy groups -OCH3 is 2. The molecule has 3 rings (SSSR count). The fourth-order valence-corrected chi connectivity index (χ4v) is 4.28. The summed E-state index contributed by atoms with van der Waals surface area (Å²) in [4.78, 5) is 98.9. The number of rotatable bonds is 16. The molecule has 0 heterocycles. The van der Waals surface area contributed by atoms with Crippen LogP contribution in [0.4, 0.5) is 22.7 Å². The van der Waals surface area contributed by atoms with E-state index in [0.717, 1.165) is 40.2 Å². The number of ketones is 4. The number of aliphatic hydroxyl groups excluding tert-OH is 2. The van der Waals surface area contributed by atoms with Gasteiger partial charge in [0.25, 0.3) is 11.8 Å². The molecule has 0 saturated heterocycles. The van der Waals surface area contributed by atoms with E-state index in [1.54, 1.807) is 0 Å². The number of nitrogens with zero attached hydrogens (tertiary/aromatic N) is 4. The van der Waals surface area contributed by atoms with Gasteiger partial charge in [0.15, 0.2) is 23.1 Å². The van der Waals surface area contributed by atoms with E-state index >= 15 is 0 Å². The highest BCUT2D eigenvalue weighted by atomic mass is 16.5. The van der Waals surface area contributed by atoms with Gasteiger partial charge >= 0.3 is 11.9 Å². The number of benzene rings is 3. The summed E-state index contributed by atoms with van der Waals surface area (Å²) in [5.41, 5.74) is -0.332. The molecule has 0 aromatic heterocycles. The smallest absolute Gasteiger partial charge is 0.340 e. The van der Waals surface area contributed by atoms with Crippen molar-refractivity contribution in [3.8, 4) is 0 Å². The van der Waals surface area contributed by atoms with E-state index in [0.29, 0.717) is 0 Å². The molecule has 2 unspecified atom stereocenters. The summed E-state index contributed by atoms with van der Waals surface area (Å²) in [5.74, 6) is -6.30. The first-order valence-electron chi connectivity index (χ1n) is 15.0. The van der Waals surface area contributed by atoms with Gasteiger partial charge in [-0.25, -0.2) is 9.59 Å². The maximum absolute atomic E-state index is 13.0. The van der Waals surface area contributed by atoms with Crippen molar-refractivity contribution in [1.29, 1.82) is 0 Å². The van der Waals surface area contributed by atoms with Crippen LogP contribution >= 0.6 is 0 Å². The van der Waals surface area contributed by atoms with Crippen LogP contribution in [0.5, 0.6) is 0 Å². The molecule has 0 fully saturated rings. The van der Waals surface area contributed by atoms with Gasteiger partial charge in [0, 0.05) is 22.5 Å². The minimum Gasteiger partial charge on any atom is -0.465 e. The molecule has 18 nitrogen and oxygen atoms in total. The first-order valence-corrected chi connectivity index (χ1v) is 15.0. The number of aliphatic hydroxyl groups is 2. The van der Waals surface area contributed by atoms with Gasteiger partial charge in [0.1, 0.15) is 18.9 Å². The van der Waals surface area contributed by atoms with Gasteiger partial charge < -0.3 is 30.3 Å². The van der Waals surface area contributed by atoms with E-state index in [9.17, 15) is 48.6 Å². The second kappa shape index (κ2) is 18.4. The average molecular weight is 717 g/mol. The highest BCUT2D eigenvalue weighted by Gasteiger charge is 2.26. The van der Waals surface area contributed by atoms with Crippen molar-refractivity contribution in [1.82, 2.24) is 0 Å². The Morgan fingerprint density at radius 2 is 1.02 bits per heavy atom. The van der Waals surface area contributed by atoms with Crippen LogP contribution in [0.1, 0.15) is 55.3 Å². The van der Waals surface area contributed by atoms with Crippen molar-refractivity contribution in [2.75, 3.05) is 38.1 Å². The SMILES string of the molecule is COC(=O)c1ccc(C(=O)CO)c(N=NC(C(C)=O)C(=O)Nc2ccc(NC(=O)C(N=Nc3cc(C(=O)CO)ccc3C(=O)OC)C(C)=O)cc2)c1. The van der Waals surface area contributed by atoms with E-state index < -0.39 is 72.2 Å². The van der Waals surface area contributed by atoms with Crippen molar-refractivity contribution in [2.45, 2.75) is 25.9 Å². The summed E-state index contributed by atoms with van der Waals surface area (Å²) < 4.78 is 9.35. The summed E-state index contributed by atoms with van der Waals surface area (Å²) in [5, 5.41) is 38.7. The first kappa shape index (κ1) is 39.8. The van der Waals surface area contributed by atoms with Crippen molar-refractivity contribution in [3.63, 3.8) is 0 Å². The van der Waals surface area contributed by atoms with Crippen molar-refractivity contribution in [3.05, 3.63) is 82.9 Å². The van der Waals surface area contributed by atoms with Crippen LogP contribution in [0.2, 0.25) is 0 Å². The van der Waals surface area contributed by atoms with E-state index in [2.05, 4.69) is 35.8 Å². The molecular formula is C34H32N6O12. The van der Waals surface area contributed by atoms with Crippen LogP contribution in [0, 0.1) is 0 Å². The number of anilines is 2. The lowest BCUT2D eigenvalue weighted by Gasteiger charge is -2.12. The number of esters is 2. The minimum absolute atomic E-state index is 0.00550. The Labute approximate surface area is 294 Å². The first-order chi connectivity index (χ1) is 24.7. The molecule has 0 aliphatic rings. The zero-order valence-corrected chi connectivity index (χ0v) is 28.1. The van der Waals surface area contributed by atoms with Gasteiger partial charge in [-0.2, -0.15) is 20.5 Å². The molecular weight excluding hydrogens is 684 g/mol. The third-order valence-electron chi connectivity index (χ3n) is 6.98. The van der Waals surface area contributed by atoms with Crippen LogP contribution in [0.25, 0.3) is 0 Å². The average Bonchev–Trinajstić information content (AvgIpc) is 3.13. The van der Waals surface area contributed by atoms with Gasteiger partial charge in [-0.15, -0.1) is 0 Å². The number of carbonyl (C=O) groups excluding carboxylic acids is 8. The zero-order valence-electron chi connectivity index (χ0n) is 28.1. The third-order valence-corrected chi connectivity index (χ3v) is 6.98.